The predicted molar refractivity (Wildman–Crippen MR) is 70.7 cm³/mol. The highest BCUT2D eigenvalue weighted by Gasteiger charge is 2.62. The van der Waals surface area contributed by atoms with E-state index in [4.69, 9.17) is 9.15 Å². The van der Waals surface area contributed by atoms with E-state index in [2.05, 4.69) is 0 Å². The Morgan fingerprint density at radius 3 is 2.50 bits per heavy atom. The fourth-order valence-corrected chi connectivity index (χ4v) is 2.79. The molecule has 1 aliphatic heterocycles. The number of hydrogen-bond donors (Lipinski definition) is 0. The van der Waals surface area contributed by atoms with E-state index >= 15 is 0 Å². The number of benzene rings is 1. The van der Waals surface area contributed by atoms with Crippen LogP contribution < -0.4 is 10.4 Å². The summed E-state index contributed by atoms with van der Waals surface area (Å²) < 4.78 is 63.5. The van der Waals surface area contributed by atoms with Gasteiger partial charge in [0.25, 0.3) is 0 Å². The third-order valence-electron chi connectivity index (χ3n) is 4.39. The Kier molecular flexibility index (Phi) is 2.87. The summed E-state index contributed by atoms with van der Waals surface area (Å²) in [5.74, 6) is -2.18. The second-order valence-corrected chi connectivity index (χ2v) is 5.61. The lowest BCUT2D eigenvalue weighted by atomic mass is 9.85. The summed E-state index contributed by atoms with van der Waals surface area (Å²) in [6.07, 6.45) is -4.67. The van der Waals surface area contributed by atoms with Crippen LogP contribution in [0.5, 0.6) is 5.75 Å². The quantitative estimate of drug-likeness (QED) is 0.543. The highest BCUT2D eigenvalue weighted by molar-refractivity contribution is 5.86. The highest BCUT2D eigenvalue weighted by atomic mass is 19.4. The van der Waals surface area contributed by atoms with Crippen LogP contribution in [-0.4, -0.2) is 11.8 Å². The highest BCUT2D eigenvalue weighted by Crippen LogP contribution is 2.52. The van der Waals surface area contributed by atoms with Gasteiger partial charge in [-0.3, -0.25) is 0 Å². The summed E-state index contributed by atoms with van der Waals surface area (Å²) in [5.41, 5.74) is -3.43. The molecule has 0 aliphatic carbocycles. The van der Waals surface area contributed by atoms with E-state index in [0.29, 0.717) is 0 Å². The molecule has 3 nitrogen and oxygen atoms in total. The minimum atomic E-state index is -4.67. The van der Waals surface area contributed by atoms with Gasteiger partial charge in [0.15, 0.2) is 0 Å². The molecule has 1 aromatic carbocycles. The predicted octanol–water partition coefficient (Wildman–Crippen LogP) is 4.06. The second-order valence-electron chi connectivity index (χ2n) is 5.61. The summed E-state index contributed by atoms with van der Waals surface area (Å²) in [5, 5.41) is 0.258. The van der Waals surface area contributed by atoms with E-state index in [9.17, 15) is 22.4 Å². The van der Waals surface area contributed by atoms with Gasteiger partial charge in [0.2, 0.25) is 11.4 Å². The zero-order chi connectivity index (χ0) is 16.4. The molecular weight excluding hydrogens is 304 g/mol. The molecule has 2 heterocycles. The van der Waals surface area contributed by atoms with Crippen LogP contribution in [0.2, 0.25) is 0 Å². The van der Waals surface area contributed by atoms with Gasteiger partial charge in [-0.15, -0.1) is 0 Å². The first-order valence-electron chi connectivity index (χ1n) is 6.59. The number of rotatable bonds is 0. The maximum atomic E-state index is 13.6. The van der Waals surface area contributed by atoms with Crippen LogP contribution in [0.4, 0.5) is 17.6 Å². The third kappa shape index (κ3) is 1.71. The number of ether oxygens (including phenoxy) is 1. The third-order valence-corrected chi connectivity index (χ3v) is 4.39. The normalized spacial score (nSPS) is 24.4. The molecule has 118 valence electrons. The van der Waals surface area contributed by atoms with Crippen molar-refractivity contribution in [2.45, 2.75) is 38.5 Å². The number of halogens is 4. The smallest absolute Gasteiger partial charge is 0.428 e. The summed E-state index contributed by atoms with van der Waals surface area (Å²) in [6.45, 7) is 3.62. The molecule has 0 fully saturated rings. The molecule has 0 radical (unpaired) electrons. The van der Waals surface area contributed by atoms with Gasteiger partial charge in [0, 0.05) is 22.4 Å². The second kappa shape index (κ2) is 4.24. The lowest BCUT2D eigenvalue weighted by Crippen LogP contribution is -2.48. The van der Waals surface area contributed by atoms with Gasteiger partial charge in [-0.2, -0.15) is 13.2 Å². The van der Waals surface area contributed by atoms with Crippen molar-refractivity contribution < 1.29 is 26.7 Å². The van der Waals surface area contributed by atoms with Crippen LogP contribution in [0, 0.1) is 12.7 Å². The molecule has 7 heteroatoms. The molecule has 0 saturated heterocycles. The first kappa shape index (κ1) is 14.9. The minimum absolute atomic E-state index is 0.0503. The molecule has 0 bridgehead atoms. The van der Waals surface area contributed by atoms with Crippen molar-refractivity contribution in [2.24, 2.45) is 0 Å². The van der Waals surface area contributed by atoms with Crippen molar-refractivity contribution in [3.05, 3.63) is 39.5 Å². The molecule has 2 atom stereocenters. The van der Waals surface area contributed by atoms with Gasteiger partial charge in [0.1, 0.15) is 11.4 Å². The van der Waals surface area contributed by atoms with Crippen molar-refractivity contribution in [3.8, 4) is 5.75 Å². The lowest BCUT2D eigenvalue weighted by Gasteiger charge is -2.30. The summed E-state index contributed by atoms with van der Waals surface area (Å²) in [6, 6.07) is 2.44. The Labute approximate surface area is 122 Å². The fraction of sp³-hybridized carbons (Fsp3) is 0.400. The van der Waals surface area contributed by atoms with Crippen molar-refractivity contribution in [2.75, 3.05) is 0 Å². The van der Waals surface area contributed by atoms with Crippen LogP contribution in [0.3, 0.4) is 0 Å². The largest absolute Gasteiger partial charge is 0.470 e. The molecule has 0 spiro atoms. The molecule has 1 aliphatic rings. The molecule has 22 heavy (non-hydrogen) atoms. The van der Waals surface area contributed by atoms with E-state index < -0.39 is 34.9 Å². The zero-order valence-electron chi connectivity index (χ0n) is 12.0. The monoisotopic (exact) mass is 316 g/mol. The molecule has 1 aromatic heterocycles. The fourth-order valence-electron chi connectivity index (χ4n) is 2.79. The molecule has 2 aromatic rings. The maximum absolute atomic E-state index is 13.6. The van der Waals surface area contributed by atoms with Crippen molar-refractivity contribution >= 4 is 11.0 Å². The van der Waals surface area contributed by atoms with E-state index in [-0.39, 0.29) is 22.1 Å². The van der Waals surface area contributed by atoms with E-state index in [1.165, 1.54) is 19.9 Å². The van der Waals surface area contributed by atoms with E-state index in [1.54, 1.807) is 0 Å². The van der Waals surface area contributed by atoms with Crippen molar-refractivity contribution in [1.82, 2.24) is 0 Å². The Morgan fingerprint density at radius 2 is 1.91 bits per heavy atom. The van der Waals surface area contributed by atoms with Gasteiger partial charge in [-0.05, 0) is 26.0 Å². The molecule has 0 saturated carbocycles. The average Bonchev–Trinajstić information content (AvgIpc) is 2.70. The van der Waals surface area contributed by atoms with Gasteiger partial charge < -0.3 is 9.15 Å². The SMILES string of the molecule is Cc1c(F)ccc2c3c(c(=O)oc12)O[C@@](C)(C(F)(F)F)[C@H]3C. The van der Waals surface area contributed by atoms with Crippen LogP contribution in [0.1, 0.15) is 30.9 Å². The van der Waals surface area contributed by atoms with Gasteiger partial charge >= 0.3 is 11.8 Å². The first-order chi connectivity index (χ1) is 10.1. The van der Waals surface area contributed by atoms with E-state index in [1.807, 2.05) is 0 Å². The van der Waals surface area contributed by atoms with Crippen molar-refractivity contribution in [1.29, 1.82) is 0 Å². The van der Waals surface area contributed by atoms with E-state index in [0.717, 1.165) is 13.0 Å². The molecule has 3 rings (SSSR count). The first-order valence-corrected chi connectivity index (χ1v) is 6.59. The topological polar surface area (TPSA) is 39.4 Å². The van der Waals surface area contributed by atoms with Gasteiger partial charge in [0.05, 0.1) is 0 Å². The Balaban J connectivity index is 2.38. The molecule has 0 N–H and O–H groups in total. The maximum Gasteiger partial charge on any atom is 0.428 e. The molecule has 0 unspecified atom stereocenters. The van der Waals surface area contributed by atoms with Gasteiger partial charge in [-0.25, -0.2) is 9.18 Å². The summed E-state index contributed by atoms with van der Waals surface area (Å²) in [4.78, 5) is 12.0. The van der Waals surface area contributed by atoms with Crippen LogP contribution in [0.15, 0.2) is 21.3 Å². The minimum Gasteiger partial charge on any atom is -0.470 e. The number of hydrogen-bond acceptors (Lipinski definition) is 3. The summed E-state index contributed by atoms with van der Waals surface area (Å²) >= 11 is 0. The van der Waals surface area contributed by atoms with Crippen LogP contribution in [0.25, 0.3) is 11.0 Å². The van der Waals surface area contributed by atoms with Crippen molar-refractivity contribution in [3.63, 3.8) is 0 Å². The molecule has 0 amide bonds. The molecular formula is C15H12F4O3. The van der Waals surface area contributed by atoms with Crippen LogP contribution in [-0.2, 0) is 0 Å². The standard InChI is InChI=1S/C15H12F4O3/c1-6-9(16)5-4-8-10-7(2)14(3,15(17,18)19)22-12(10)13(20)21-11(6)8/h4-5,7H,1-3H3/t7-,14+/m0/s1. The Bertz CT molecular complexity index is 837. The Morgan fingerprint density at radius 1 is 1.27 bits per heavy atom. The number of alkyl halides is 3. The van der Waals surface area contributed by atoms with Gasteiger partial charge in [-0.1, -0.05) is 6.92 Å². The average molecular weight is 316 g/mol. The van der Waals surface area contributed by atoms with Crippen LogP contribution >= 0.6 is 0 Å². The summed E-state index contributed by atoms with van der Waals surface area (Å²) in [7, 11) is 0. The lowest BCUT2D eigenvalue weighted by molar-refractivity contribution is -0.241. The number of aryl methyl sites for hydroxylation is 1. The Hall–Kier alpha value is -2.05. The number of fused-ring (bicyclic) bond motifs is 3. The zero-order valence-corrected chi connectivity index (χ0v) is 12.0.